The van der Waals surface area contributed by atoms with E-state index in [-0.39, 0.29) is 22.9 Å². The highest BCUT2D eigenvalue weighted by molar-refractivity contribution is 5.97. The molecular formula is C17H18N6O2. The summed E-state index contributed by atoms with van der Waals surface area (Å²) in [5, 5.41) is 8.06. The fourth-order valence-electron chi connectivity index (χ4n) is 3.09. The molecule has 0 aliphatic carbocycles. The molecule has 0 N–H and O–H groups in total. The van der Waals surface area contributed by atoms with E-state index in [1.807, 2.05) is 30.3 Å². The van der Waals surface area contributed by atoms with Gasteiger partial charge in [0, 0.05) is 13.1 Å². The van der Waals surface area contributed by atoms with Crippen molar-refractivity contribution in [3.8, 4) is 0 Å². The van der Waals surface area contributed by atoms with Crippen LogP contribution in [-0.4, -0.2) is 48.3 Å². The number of likely N-dealkylation sites (tertiary alicyclic amines) is 1. The third-order valence-corrected chi connectivity index (χ3v) is 4.44. The number of amides is 1. The molecule has 3 aromatic rings. The number of nitrogens with zero attached hydrogens (tertiary/aromatic N) is 6. The lowest BCUT2D eigenvalue weighted by atomic mass is 10.1. The van der Waals surface area contributed by atoms with Crippen molar-refractivity contribution in [1.29, 1.82) is 0 Å². The molecule has 1 aliphatic rings. The van der Waals surface area contributed by atoms with Gasteiger partial charge in [-0.25, -0.2) is 14.2 Å². The third-order valence-electron chi connectivity index (χ3n) is 4.44. The number of aromatic nitrogens is 5. The molecule has 4 rings (SSSR count). The smallest absolute Gasteiger partial charge is 0.337 e. The molecule has 0 unspecified atom stereocenters. The molecule has 0 saturated carbocycles. The van der Waals surface area contributed by atoms with Gasteiger partial charge in [0.25, 0.3) is 5.91 Å². The Bertz CT molecular complexity index is 956. The standard InChI is InChI=1S/C17H18N6O2/c24-16(21-9-5-2-6-10-21)14-15-19-20-23(17(25)22(15)12-18-14)11-13-7-3-1-4-8-13/h1,3-4,7-8,12H,2,5-6,9-11H2. The van der Waals surface area contributed by atoms with Crippen LogP contribution < -0.4 is 5.69 Å². The van der Waals surface area contributed by atoms with Crippen molar-refractivity contribution in [3.05, 3.63) is 58.4 Å². The molecule has 0 radical (unpaired) electrons. The van der Waals surface area contributed by atoms with Gasteiger partial charge in [0.05, 0.1) is 6.54 Å². The van der Waals surface area contributed by atoms with E-state index in [0.29, 0.717) is 6.54 Å². The number of hydrogen-bond acceptors (Lipinski definition) is 5. The monoisotopic (exact) mass is 338 g/mol. The predicted octanol–water partition coefficient (Wildman–Crippen LogP) is 0.960. The zero-order valence-corrected chi connectivity index (χ0v) is 13.7. The highest BCUT2D eigenvalue weighted by atomic mass is 16.2. The van der Waals surface area contributed by atoms with Crippen LogP contribution in [0.2, 0.25) is 0 Å². The van der Waals surface area contributed by atoms with Crippen molar-refractivity contribution < 1.29 is 4.79 Å². The Kier molecular flexibility index (Phi) is 4.01. The summed E-state index contributed by atoms with van der Waals surface area (Å²) >= 11 is 0. The molecule has 1 amide bonds. The molecule has 8 nitrogen and oxygen atoms in total. The number of fused-ring (bicyclic) bond motifs is 1. The van der Waals surface area contributed by atoms with Gasteiger partial charge < -0.3 is 4.90 Å². The molecule has 128 valence electrons. The number of rotatable bonds is 3. The fourth-order valence-corrected chi connectivity index (χ4v) is 3.09. The maximum absolute atomic E-state index is 12.6. The molecule has 25 heavy (non-hydrogen) atoms. The minimum atomic E-state index is -0.362. The van der Waals surface area contributed by atoms with E-state index < -0.39 is 0 Å². The van der Waals surface area contributed by atoms with E-state index in [1.54, 1.807) is 4.90 Å². The van der Waals surface area contributed by atoms with Gasteiger partial charge in [-0.1, -0.05) is 35.5 Å². The van der Waals surface area contributed by atoms with Gasteiger partial charge >= 0.3 is 5.69 Å². The first-order valence-corrected chi connectivity index (χ1v) is 8.38. The number of benzene rings is 1. The number of carbonyl (C=O) groups excluding carboxylic acids is 1. The molecule has 1 aliphatic heterocycles. The van der Waals surface area contributed by atoms with Gasteiger partial charge in [0.1, 0.15) is 6.33 Å². The number of imidazole rings is 1. The van der Waals surface area contributed by atoms with Crippen molar-refractivity contribution in [3.63, 3.8) is 0 Å². The van der Waals surface area contributed by atoms with Gasteiger partial charge in [0.2, 0.25) is 0 Å². The van der Waals surface area contributed by atoms with Crippen LogP contribution in [0.1, 0.15) is 35.3 Å². The van der Waals surface area contributed by atoms with Crippen LogP contribution >= 0.6 is 0 Å². The van der Waals surface area contributed by atoms with Gasteiger partial charge in [-0.05, 0) is 24.8 Å². The highest BCUT2D eigenvalue weighted by Gasteiger charge is 2.24. The number of carbonyl (C=O) groups is 1. The summed E-state index contributed by atoms with van der Waals surface area (Å²) in [6.45, 7) is 1.75. The second-order valence-corrected chi connectivity index (χ2v) is 6.15. The SMILES string of the molecule is O=C(c1ncn2c(=O)n(Cc3ccccc3)nnc12)N1CCCCC1. The van der Waals surface area contributed by atoms with Crippen molar-refractivity contribution >= 4 is 11.6 Å². The average Bonchev–Trinajstić information content (AvgIpc) is 3.10. The van der Waals surface area contributed by atoms with E-state index in [9.17, 15) is 9.59 Å². The van der Waals surface area contributed by atoms with Crippen LogP contribution in [0.15, 0.2) is 41.5 Å². The van der Waals surface area contributed by atoms with E-state index in [2.05, 4.69) is 15.3 Å². The molecule has 2 aromatic heterocycles. The molecule has 1 aromatic carbocycles. The Labute approximate surface area is 143 Å². The normalized spacial score (nSPS) is 14.8. The molecule has 8 heteroatoms. The molecule has 3 heterocycles. The quantitative estimate of drug-likeness (QED) is 0.710. The average molecular weight is 338 g/mol. The second-order valence-electron chi connectivity index (χ2n) is 6.15. The summed E-state index contributed by atoms with van der Waals surface area (Å²) in [5.74, 6) is -0.184. The minimum Gasteiger partial charge on any atom is -0.337 e. The van der Waals surface area contributed by atoms with Crippen molar-refractivity contribution in [1.82, 2.24) is 29.3 Å². The van der Waals surface area contributed by atoms with Crippen molar-refractivity contribution in [2.45, 2.75) is 25.8 Å². The van der Waals surface area contributed by atoms with E-state index in [1.165, 1.54) is 15.4 Å². The van der Waals surface area contributed by atoms with Crippen LogP contribution in [0.25, 0.3) is 5.65 Å². The van der Waals surface area contributed by atoms with E-state index in [4.69, 9.17) is 0 Å². The zero-order valence-electron chi connectivity index (χ0n) is 13.7. The van der Waals surface area contributed by atoms with Gasteiger partial charge in [0.15, 0.2) is 11.3 Å². The Morgan fingerprint density at radius 2 is 1.84 bits per heavy atom. The summed E-state index contributed by atoms with van der Waals surface area (Å²) in [5.41, 5.74) is 0.991. The second kappa shape index (κ2) is 6.46. The third kappa shape index (κ3) is 2.90. The predicted molar refractivity (Wildman–Crippen MR) is 90.3 cm³/mol. The van der Waals surface area contributed by atoms with E-state index in [0.717, 1.165) is 37.9 Å². The van der Waals surface area contributed by atoms with Crippen LogP contribution in [-0.2, 0) is 6.54 Å². The molecule has 0 bridgehead atoms. The lowest BCUT2D eigenvalue weighted by Gasteiger charge is -2.25. The first kappa shape index (κ1) is 15.5. The van der Waals surface area contributed by atoms with Crippen LogP contribution in [0, 0.1) is 0 Å². The Morgan fingerprint density at radius 1 is 1.08 bits per heavy atom. The van der Waals surface area contributed by atoms with Crippen LogP contribution in [0.3, 0.4) is 0 Å². The molecule has 1 fully saturated rings. The van der Waals surface area contributed by atoms with Crippen LogP contribution in [0.5, 0.6) is 0 Å². The lowest BCUT2D eigenvalue weighted by Crippen LogP contribution is -2.36. The lowest BCUT2D eigenvalue weighted by molar-refractivity contribution is 0.0720. The van der Waals surface area contributed by atoms with Crippen molar-refractivity contribution in [2.24, 2.45) is 0 Å². The topological polar surface area (TPSA) is 85.4 Å². The molecule has 1 saturated heterocycles. The maximum atomic E-state index is 12.6. The molecule has 0 atom stereocenters. The van der Waals surface area contributed by atoms with Gasteiger partial charge in [-0.15, -0.1) is 5.10 Å². The summed E-state index contributed by atoms with van der Waals surface area (Å²) in [6, 6.07) is 9.54. The van der Waals surface area contributed by atoms with Gasteiger partial charge in [-0.2, -0.15) is 4.68 Å². The summed E-state index contributed by atoms with van der Waals surface area (Å²) in [6.07, 6.45) is 4.48. The largest absolute Gasteiger partial charge is 0.353 e. The van der Waals surface area contributed by atoms with Gasteiger partial charge in [-0.3, -0.25) is 4.79 Å². The Morgan fingerprint density at radius 3 is 2.60 bits per heavy atom. The fraction of sp³-hybridized carbons (Fsp3) is 0.353. The highest BCUT2D eigenvalue weighted by Crippen LogP contribution is 2.14. The first-order valence-electron chi connectivity index (χ1n) is 8.38. The Hall–Kier alpha value is -3.03. The zero-order chi connectivity index (χ0) is 17.2. The van der Waals surface area contributed by atoms with E-state index >= 15 is 0 Å². The summed E-state index contributed by atoms with van der Waals surface area (Å²) in [7, 11) is 0. The first-order chi connectivity index (χ1) is 12.2. The number of hydrogen-bond donors (Lipinski definition) is 0. The maximum Gasteiger partial charge on any atom is 0.353 e. The van der Waals surface area contributed by atoms with Crippen LogP contribution in [0.4, 0.5) is 0 Å². The number of piperidine rings is 1. The molecule has 0 spiro atoms. The Balaban J connectivity index is 1.67. The summed E-state index contributed by atoms with van der Waals surface area (Å²) in [4.78, 5) is 31.1. The minimum absolute atomic E-state index is 0.184. The molecular weight excluding hydrogens is 320 g/mol. The summed E-state index contributed by atoms with van der Waals surface area (Å²) < 4.78 is 2.55. The van der Waals surface area contributed by atoms with Crippen molar-refractivity contribution in [2.75, 3.05) is 13.1 Å².